The van der Waals surface area contributed by atoms with Crippen molar-refractivity contribution in [2.24, 2.45) is 5.92 Å². The summed E-state index contributed by atoms with van der Waals surface area (Å²) in [6, 6.07) is 1.38. The molecule has 2 atom stereocenters. The van der Waals surface area contributed by atoms with Crippen molar-refractivity contribution in [3.8, 4) is 0 Å². The van der Waals surface area contributed by atoms with Gasteiger partial charge < -0.3 is 10.2 Å². The molecule has 2 aliphatic rings. The summed E-state index contributed by atoms with van der Waals surface area (Å²) in [5.74, 6) is 1.04. The van der Waals surface area contributed by atoms with Crippen molar-refractivity contribution in [2.45, 2.75) is 77.3 Å². The van der Waals surface area contributed by atoms with E-state index in [1.54, 1.807) is 0 Å². The molecule has 2 fully saturated rings. The van der Waals surface area contributed by atoms with Crippen LogP contribution in [0.3, 0.4) is 0 Å². The lowest BCUT2D eigenvalue weighted by molar-refractivity contribution is 0.196. The minimum absolute atomic E-state index is 0.692. The van der Waals surface area contributed by atoms with Gasteiger partial charge in [0.1, 0.15) is 0 Å². The first-order valence-corrected chi connectivity index (χ1v) is 8.22. The Morgan fingerprint density at radius 2 is 1.50 bits per heavy atom. The topological polar surface area (TPSA) is 15.3 Å². The first-order chi connectivity index (χ1) is 8.74. The largest absolute Gasteiger partial charge is 0.312 e. The van der Waals surface area contributed by atoms with Gasteiger partial charge in [-0.15, -0.1) is 0 Å². The standard InChI is InChI=1S/C16H32N2/c1-14-8-11-18(12-9-15(2)17-14)13-10-16-6-4-3-5-7-16/h14-17H,3-13H2,1-2H3. The third-order valence-electron chi connectivity index (χ3n) is 4.90. The van der Waals surface area contributed by atoms with Crippen LogP contribution in [-0.4, -0.2) is 36.6 Å². The number of hydrogen-bond acceptors (Lipinski definition) is 2. The maximum atomic E-state index is 3.68. The zero-order valence-electron chi connectivity index (χ0n) is 12.5. The molecular weight excluding hydrogens is 220 g/mol. The molecule has 0 radical (unpaired) electrons. The van der Waals surface area contributed by atoms with Crippen molar-refractivity contribution in [1.82, 2.24) is 10.2 Å². The van der Waals surface area contributed by atoms with Gasteiger partial charge in [-0.25, -0.2) is 0 Å². The van der Waals surface area contributed by atoms with Crippen LogP contribution in [0.15, 0.2) is 0 Å². The molecule has 0 aromatic rings. The summed E-state index contributed by atoms with van der Waals surface area (Å²) in [6.45, 7) is 8.62. The smallest absolute Gasteiger partial charge is 0.00533 e. The fourth-order valence-corrected chi connectivity index (χ4v) is 3.58. The van der Waals surface area contributed by atoms with E-state index in [4.69, 9.17) is 0 Å². The van der Waals surface area contributed by atoms with Gasteiger partial charge in [0.05, 0.1) is 0 Å². The SMILES string of the molecule is CC1CCN(CCC2CCCCC2)CCC(C)N1. The molecule has 1 saturated heterocycles. The molecule has 0 amide bonds. The van der Waals surface area contributed by atoms with Crippen molar-refractivity contribution in [1.29, 1.82) is 0 Å². The van der Waals surface area contributed by atoms with Gasteiger partial charge in [-0.3, -0.25) is 0 Å². The molecule has 18 heavy (non-hydrogen) atoms. The third kappa shape index (κ3) is 4.89. The lowest BCUT2D eigenvalue weighted by Gasteiger charge is -2.32. The normalized spacial score (nSPS) is 33.0. The second-order valence-electron chi connectivity index (χ2n) is 6.68. The zero-order valence-corrected chi connectivity index (χ0v) is 12.5. The maximum Gasteiger partial charge on any atom is 0.00533 e. The van der Waals surface area contributed by atoms with Crippen molar-refractivity contribution >= 4 is 0 Å². The van der Waals surface area contributed by atoms with E-state index in [0.717, 1.165) is 5.92 Å². The minimum atomic E-state index is 0.692. The van der Waals surface area contributed by atoms with Gasteiger partial charge in [0.15, 0.2) is 0 Å². The van der Waals surface area contributed by atoms with Crippen LogP contribution >= 0.6 is 0 Å². The highest BCUT2D eigenvalue weighted by Crippen LogP contribution is 2.26. The lowest BCUT2D eigenvalue weighted by Crippen LogP contribution is -2.43. The Kier molecular flexibility index (Phi) is 5.97. The lowest BCUT2D eigenvalue weighted by atomic mass is 9.87. The molecule has 2 unspecified atom stereocenters. The van der Waals surface area contributed by atoms with Gasteiger partial charge in [-0.2, -0.15) is 0 Å². The van der Waals surface area contributed by atoms with E-state index in [1.807, 2.05) is 0 Å². The molecule has 1 aliphatic heterocycles. The van der Waals surface area contributed by atoms with E-state index < -0.39 is 0 Å². The van der Waals surface area contributed by atoms with Gasteiger partial charge in [-0.05, 0) is 58.7 Å². The first-order valence-electron chi connectivity index (χ1n) is 8.22. The van der Waals surface area contributed by atoms with Gasteiger partial charge >= 0.3 is 0 Å². The fraction of sp³-hybridized carbons (Fsp3) is 1.00. The average molecular weight is 252 g/mol. The molecule has 1 saturated carbocycles. The van der Waals surface area contributed by atoms with Crippen molar-refractivity contribution < 1.29 is 0 Å². The highest BCUT2D eigenvalue weighted by atomic mass is 15.1. The van der Waals surface area contributed by atoms with E-state index in [1.165, 1.54) is 71.0 Å². The molecule has 106 valence electrons. The van der Waals surface area contributed by atoms with E-state index in [9.17, 15) is 0 Å². The van der Waals surface area contributed by atoms with Crippen LogP contribution < -0.4 is 5.32 Å². The predicted molar refractivity (Wildman–Crippen MR) is 78.9 cm³/mol. The number of nitrogens with zero attached hydrogens (tertiary/aromatic N) is 1. The molecule has 1 N–H and O–H groups in total. The molecule has 1 heterocycles. The summed E-state index contributed by atoms with van der Waals surface area (Å²) >= 11 is 0. The molecular formula is C16H32N2. The summed E-state index contributed by atoms with van der Waals surface area (Å²) in [6.07, 6.45) is 11.6. The first kappa shape index (κ1) is 14.3. The Balaban J connectivity index is 1.70. The van der Waals surface area contributed by atoms with Crippen molar-refractivity contribution in [3.05, 3.63) is 0 Å². The Hall–Kier alpha value is -0.0800. The molecule has 0 spiro atoms. The molecule has 2 nitrogen and oxygen atoms in total. The monoisotopic (exact) mass is 252 g/mol. The van der Waals surface area contributed by atoms with Gasteiger partial charge in [0.2, 0.25) is 0 Å². The second kappa shape index (κ2) is 7.49. The van der Waals surface area contributed by atoms with Crippen LogP contribution in [0.4, 0.5) is 0 Å². The Bertz CT molecular complexity index is 211. The van der Waals surface area contributed by atoms with Gasteiger partial charge in [0, 0.05) is 12.1 Å². The van der Waals surface area contributed by atoms with E-state index in [2.05, 4.69) is 24.1 Å². The van der Waals surface area contributed by atoms with Crippen LogP contribution in [-0.2, 0) is 0 Å². The summed E-state index contributed by atoms with van der Waals surface area (Å²) in [5.41, 5.74) is 0. The highest BCUT2D eigenvalue weighted by molar-refractivity contribution is 4.76. The number of nitrogens with one attached hydrogen (secondary N) is 1. The predicted octanol–water partition coefficient (Wildman–Crippen LogP) is 3.42. The average Bonchev–Trinajstić information content (AvgIpc) is 2.37. The van der Waals surface area contributed by atoms with Crippen LogP contribution in [0.5, 0.6) is 0 Å². The van der Waals surface area contributed by atoms with Crippen LogP contribution in [0, 0.1) is 5.92 Å². The number of hydrogen-bond donors (Lipinski definition) is 1. The number of rotatable bonds is 3. The molecule has 1 aliphatic carbocycles. The van der Waals surface area contributed by atoms with Crippen LogP contribution in [0.25, 0.3) is 0 Å². The highest BCUT2D eigenvalue weighted by Gasteiger charge is 2.18. The van der Waals surface area contributed by atoms with Gasteiger partial charge in [0.25, 0.3) is 0 Å². The van der Waals surface area contributed by atoms with Crippen molar-refractivity contribution in [3.63, 3.8) is 0 Å². The Labute approximate surface area is 114 Å². The summed E-state index contributed by atoms with van der Waals surface area (Å²) in [7, 11) is 0. The fourth-order valence-electron chi connectivity index (χ4n) is 3.58. The molecule has 0 bridgehead atoms. The Morgan fingerprint density at radius 3 is 2.11 bits per heavy atom. The summed E-state index contributed by atoms with van der Waals surface area (Å²) < 4.78 is 0. The van der Waals surface area contributed by atoms with E-state index >= 15 is 0 Å². The summed E-state index contributed by atoms with van der Waals surface area (Å²) in [5, 5.41) is 3.68. The quantitative estimate of drug-likeness (QED) is 0.828. The summed E-state index contributed by atoms with van der Waals surface area (Å²) in [4.78, 5) is 2.72. The second-order valence-corrected chi connectivity index (χ2v) is 6.68. The molecule has 0 aromatic carbocycles. The minimum Gasteiger partial charge on any atom is -0.312 e. The molecule has 2 rings (SSSR count). The van der Waals surface area contributed by atoms with E-state index in [-0.39, 0.29) is 0 Å². The van der Waals surface area contributed by atoms with E-state index in [0.29, 0.717) is 12.1 Å². The van der Waals surface area contributed by atoms with Gasteiger partial charge in [-0.1, -0.05) is 32.1 Å². The third-order valence-corrected chi connectivity index (χ3v) is 4.90. The van der Waals surface area contributed by atoms with Crippen LogP contribution in [0.1, 0.15) is 65.2 Å². The maximum absolute atomic E-state index is 3.68. The van der Waals surface area contributed by atoms with Crippen molar-refractivity contribution in [2.75, 3.05) is 19.6 Å². The van der Waals surface area contributed by atoms with Crippen LogP contribution in [0.2, 0.25) is 0 Å². The Morgan fingerprint density at radius 1 is 0.889 bits per heavy atom. The molecule has 2 heteroatoms. The zero-order chi connectivity index (χ0) is 12.8. The molecule has 0 aromatic heterocycles.